The molecule has 0 aliphatic rings. The molecular weight excluding hydrogens is 280 g/mol. The zero-order valence-electron chi connectivity index (χ0n) is 9.75. The minimum Gasteiger partial charge on any atom is -0.389 e. The molecule has 3 aromatic rings. The highest BCUT2D eigenvalue weighted by Crippen LogP contribution is 2.20. The first kappa shape index (κ1) is 12.1. The van der Waals surface area contributed by atoms with E-state index in [2.05, 4.69) is 10.1 Å². The molecule has 0 aliphatic carbocycles. The number of hydrogen-bond acceptors (Lipinski definition) is 3. The molecule has 1 aromatic carbocycles. The van der Waals surface area contributed by atoms with Crippen LogP contribution >= 0.6 is 23.8 Å². The lowest BCUT2D eigenvalue weighted by atomic mass is 10.1. The van der Waals surface area contributed by atoms with Crippen LogP contribution < -0.4 is 5.73 Å². The standard InChI is InChI=1S/C13H9ClN4S/c14-9-6-16-18(7-9)13-10(12(15)19)5-8-3-1-2-4-11(8)17-13/h1-7H,(H2,15,19). The number of fused-ring (bicyclic) bond motifs is 1. The Bertz CT molecular complexity index is 781. The summed E-state index contributed by atoms with van der Waals surface area (Å²) >= 11 is 11.0. The van der Waals surface area contributed by atoms with E-state index in [4.69, 9.17) is 29.6 Å². The van der Waals surface area contributed by atoms with Gasteiger partial charge in [0.25, 0.3) is 0 Å². The molecule has 19 heavy (non-hydrogen) atoms. The third-order valence-corrected chi connectivity index (χ3v) is 3.15. The Morgan fingerprint density at radius 2 is 2.11 bits per heavy atom. The highest BCUT2D eigenvalue weighted by atomic mass is 35.5. The van der Waals surface area contributed by atoms with Gasteiger partial charge in [-0.15, -0.1) is 0 Å². The maximum absolute atomic E-state index is 5.89. The summed E-state index contributed by atoms with van der Waals surface area (Å²) in [5, 5.41) is 5.65. The van der Waals surface area contributed by atoms with E-state index in [1.165, 1.54) is 0 Å². The molecule has 0 radical (unpaired) electrons. The third kappa shape index (κ3) is 2.18. The number of thiocarbonyl (C=S) groups is 1. The van der Waals surface area contributed by atoms with Gasteiger partial charge >= 0.3 is 0 Å². The lowest BCUT2D eigenvalue weighted by Gasteiger charge is -2.09. The molecule has 0 fully saturated rings. The van der Waals surface area contributed by atoms with Crippen LogP contribution in [0.2, 0.25) is 5.02 Å². The van der Waals surface area contributed by atoms with E-state index < -0.39 is 0 Å². The molecule has 2 N–H and O–H groups in total. The van der Waals surface area contributed by atoms with E-state index in [0.717, 1.165) is 10.9 Å². The van der Waals surface area contributed by atoms with Gasteiger partial charge in [0, 0.05) is 5.39 Å². The van der Waals surface area contributed by atoms with Crippen molar-refractivity contribution in [2.24, 2.45) is 5.73 Å². The Balaban J connectivity index is 2.32. The highest BCUT2D eigenvalue weighted by Gasteiger charge is 2.12. The molecule has 94 valence electrons. The SMILES string of the molecule is NC(=S)c1cc2ccccc2nc1-n1cc(Cl)cn1. The van der Waals surface area contributed by atoms with E-state index in [1.807, 2.05) is 30.3 Å². The predicted octanol–water partition coefficient (Wildman–Crippen LogP) is 2.71. The van der Waals surface area contributed by atoms with Crippen LogP contribution in [0.15, 0.2) is 42.7 Å². The van der Waals surface area contributed by atoms with Crippen LogP contribution in [0.5, 0.6) is 0 Å². The van der Waals surface area contributed by atoms with E-state index >= 15 is 0 Å². The second-order valence-electron chi connectivity index (χ2n) is 4.02. The Hall–Kier alpha value is -1.98. The lowest BCUT2D eigenvalue weighted by molar-refractivity contribution is 0.850. The van der Waals surface area contributed by atoms with Gasteiger partial charge in [0.1, 0.15) is 4.99 Å². The molecule has 2 heterocycles. The topological polar surface area (TPSA) is 56.7 Å². The molecular formula is C13H9ClN4S. The molecule has 4 nitrogen and oxygen atoms in total. The minimum absolute atomic E-state index is 0.278. The zero-order chi connectivity index (χ0) is 13.4. The number of para-hydroxylation sites is 1. The maximum atomic E-state index is 5.89. The van der Waals surface area contributed by atoms with Crippen molar-refractivity contribution < 1.29 is 0 Å². The second kappa shape index (κ2) is 4.60. The zero-order valence-corrected chi connectivity index (χ0v) is 11.3. The minimum atomic E-state index is 0.278. The molecule has 0 saturated heterocycles. The van der Waals surface area contributed by atoms with Gasteiger partial charge in [0.15, 0.2) is 5.82 Å². The third-order valence-electron chi connectivity index (χ3n) is 2.74. The fraction of sp³-hybridized carbons (Fsp3) is 0. The molecule has 0 amide bonds. The van der Waals surface area contributed by atoms with Crippen LogP contribution in [-0.4, -0.2) is 19.8 Å². The second-order valence-corrected chi connectivity index (χ2v) is 4.90. The number of aromatic nitrogens is 3. The first-order valence-electron chi connectivity index (χ1n) is 5.55. The maximum Gasteiger partial charge on any atom is 0.164 e. The quantitative estimate of drug-likeness (QED) is 0.737. The molecule has 0 spiro atoms. The summed E-state index contributed by atoms with van der Waals surface area (Å²) in [6, 6.07) is 9.67. The van der Waals surface area contributed by atoms with Gasteiger partial charge in [-0.3, -0.25) is 0 Å². The molecule has 2 aromatic heterocycles. The van der Waals surface area contributed by atoms with E-state index in [-0.39, 0.29) is 4.99 Å². The Kier molecular flexibility index (Phi) is 2.93. The first-order valence-corrected chi connectivity index (χ1v) is 6.34. The summed E-state index contributed by atoms with van der Waals surface area (Å²) < 4.78 is 1.57. The summed E-state index contributed by atoms with van der Waals surface area (Å²) in [6.07, 6.45) is 3.21. The normalized spacial score (nSPS) is 10.8. The fourth-order valence-electron chi connectivity index (χ4n) is 1.88. The largest absolute Gasteiger partial charge is 0.389 e. The number of pyridine rings is 1. The Labute approximate surface area is 119 Å². The van der Waals surface area contributed by atoms with Gasteiger partial charge in [-0.1, -0.05) is 42.0 Å². The number of halogens is 1. The molecule has 0 saturated carbocycles. The van der Waals surface area contributed by atoms with Crippen LogP contribution in [0.4, 0.5) is 0 Å². The van der Waals surface area contributed by atoms with Crippen molar-refractivity contribution in [2.45, 2.75) is 0 Å². The number of hydrogen-bond donors (Lipinski definition) is 1. The van der Waals surface area contributed by atoms with Crippen molar-refractivity contribution in [3.8, 4) is 5.82 Å². The number of benzene rings is 1. The summed E-state index contributed by atoms with van der Waals surface area (Å²) in [4.78, 5) is 4.83. The Morgan fingerprint density at radius 1 is 1.32 bits per heavy atom. The van der Waals surface area contributed by atoms with Crippen molar-refractivity contribution in [1.29, 1.82) is 0 Å². The highest BCUT2D eigenvalue weighted by molar-refractivity contribution is 7.80. The van der Waals surface area contributed by atoms with Crippen LogP contribution in [0.25, 0.3) is 16.7 Å². The van der Waals surface area contributed by atoms with Gasteiger partial charge in [0.05, 0.1) is 28.5 Å². The first-order chi connectivity index (χ1) is 9.15. The van der Waals surface area contributed by atoms with Gasteiger partial charge in [-0.2, -0.15) is 5.10 Å². The van der Waals surface area contributed by atoms with Crippen molar-refractivity contribution in [3.05, 3.63) is 53.3 Å². The molecule has 0 atom stereocenters. The number of nitrogens with two attached hydrogens (primary N) is 1. The summed E-state index contributed by atoms with van der Waals surface area (Å²) in [5.74, 6) is 0.582. The fourth-order valence-corrected chi connectivity index (χ4v) is 2.16. The molecule has 0 unspecified atom stereocenters. The summed E-state index contributed by atoms with van der Waals surface area (Å²) in [6.45, 7) is 0. The molecule has 6 heteroatoms. The van der Waals surface area contributed by atoms with Gasteiger partial charge in [-0.25, -0.2) is 9.67 Å². The van der Waals surface area contributed by atoms with Gasteiger partial charge in [-0.05, 0) is 12.1 Å². The average Bonchev–Trinajstić information content (AvgIpc) is 2.83. The molecule has 0 aliphatic heterocycles. The van der Waals surface area contributed by atoms with Crippen molar-refractivity contribution in [2.75, 3.05) is 0 Å². The monoisotopic (exact) mass is 288 g/mol. The lowest BCUT2D eigenvalue weighted by Crippen LogP contribution is -2.15. The number of nitrogens with zero attached hydrogens (tertiary/aromatic N) is 3. The van der Waals surface area contributed by atoms with Crippen LogP contribution in [0, 0.1) is 0 Å². The smallest absolute Gasteiger partial charge is 0.164 e. The predicted molar refractivity (Wildman–Crippen MR) is 79.8 cm³/mol. The average molecular weight is 289 g/mol. The molecule has 0 bridgehead atoms. The number of rotatable bonds is 2. The van der Waals surface area contributed by atoms with Crippen molar-refractivity contribution in [3.63, 3.8) is 0 Å². The summed E-state index contributed by atoms with van der Waals surface area (Å²) in [5.41, 5.74) is 7.29. The van der Waals surface area contributed by atoms with E-state index in [0.29, 0.717) is 16.4 Å². The van der Waals surface area contributed by atoms with Crippen molar-refractivity contribution in [1.82, 2.24) is 14.8 Å². The van der Waals surface area contributed by atoms with Gasteiger partial charge in [0.2, 0.25) is 0 Å². The summed E-state index contributed by atoms with van der Waals surface area (Å²) in [7, 11) is 0. The van der Waals surface area contributed by atoms with Crippen molar-refractivity contribution >= 4 is 39.7 Å². The van der Waals surface area contributed by atoms with Crippen LogP contribution in [0.1, 0.15) is 5.56 Å². The molecule has 3 rings (SSSR count). The van der Waals surface area contributed by atoms with E-state index in [1.54, 1.807) is 17.1 Å². The van der Waals surface area contributed by atoms with Crippen LogP contribution in [-0.2, 0) is 0 Å². The Morgan fingerprint density at radius 3 is 2.79 bits per heavy atom. The van der Waals surface area contributed by atoms with Gasteiger partial charge < -0.3 is 5.73 Å². The van der Waals surface area contributed by atoms with Crippen LogP contribution in [0.3, 0.4) is 0 Å². The van der Waals surface area contributed by atoms with E-state index in [9.17, 15) is 0 Å².